The molecular weight excluding hydrogens is 283 g/mol. The van der Waals surface area contributed by atoms with Crippen LogP contribution >= 0.6 is 0 Å². The van der Waals surface area contributed by atoms with Gasteiger partial charge < -0.3 is 5.32 Å². The lowest BCUT2D eigenvalue weighted by molar-refractivity contribution is 0.102. The van der Waals surface area contributed by atoms with Crippen LogP contribution in [-0.2, 0) is 0 Å². The van der Waals surface area contributed by atoms with E-state index >= 15 is 0 Å². The van der Waals surface area contributed by atoms with Crippen LogP contribution in [0.15, 0.2) is 42.7 Å². The fraction of sp³-hybridized carbons (Fsp3) is 0.0625. The molecule has 0 atom stereocenters. The zero-order valence-electron chi connectivity index (χ0n) is 11.7. The number of amides is 1. The van der Waals surface area contributed by atoms with Crippen molar-refractivity contribution in [2.45, 2.75) is 6.92 Å². The van der Waals surface area contributed by atoms with Gasteiger partial charge in [-0.05, 0) is 36.8 Å². The first kappa shape index (κ1) is 13.8. The molecule has 1 aromatic carbocycles. The number of fused-ring (bicyclic) bond motifs is 1. The van der Waals surface area contributed by atoms with Crippen LogP contribution in [0, 0.1) is 24.1 Å². The molecule has 5 nitrogen and oxygen atoms in total. The van der Waals surface area contributed by atoms with Crippen LogP contribution in [0.3, 0.4) is 0 Å². The van der Waals surface area contributed by atoms with Gasteiger partial charge in [-0.15, -0.1) is 0 Å². The quantitative estimate of drug-likeness (QED) is 0.790. The van der Waals surface area contributed by atoms with E-state index in [1.807, 2.05) is 12.1 Å². The number of nitriles is 1. The van der Waals surface area contributed by atoms with Crippen molar-refractivity contribution in [1.29, 1.82) is 5.26 Å². The fourth-order valence-corrected chi connectivity index (χ4v) is 2.19. The van der Waals surface area contributed by atoms with Gasteiger partial charge in [0, 0.05) is 11.9 Å². The molecule has 0 aliphatic heterocycles. The number of hydrogen-bond donors (Lipinski definition) is 1. The molecule has 108 valence electrons. The molecule has 0 aliphatic carbocycles. The van der Waals surface area contributed by atoms with Gasteiger partial charge >= 0.3 is 0 Å². The van der Waals surface area contributed by atoms with E-state index in [-0.39, 0.29) is 11.5 Å². The van der Waals surface area contributed by atoms with E-state index in [2.05, 4.69) is 10.4 Å². The average Bonchev–Trinajstić information content (AvgIpc) is 2.94. The van der Waals surface area contributed by atoms with Crippen molar-refractivity contribution >= 4 is 17.1 Å². The number of nitrogens with zero attached hydrogens (tertiary/aromatic N) is 3. The minimum absolute atomic E-state index is 0.110. The highest BCUT2D eigenvalue weighted by Crippen LogP contribution is 2.21. The molecule has 2 aromatic heterocycles. The first-order valence-electron chi connectivity index (χ1n) is 6.54. The van der Waals surface area contributed by atoms with Gasteiger partial charge in [-0.25, -0.2) is 8.91 Å². The Bertz CT molecular complexity index is 924. The van der Waals surface area contributed by atoms with Gasteiger partial charge in [-0.3, -0.25) is 4.79 Å². The SMILES string of the molecule is Cc1cc(F)c(C#N)cc1NC(=O)c1cnn2ccccc12. The zero-order chi connectivity index (χ0) is 15.7. The molecule has 3 aromatic rings. The number of nitrogens with one attached hydrogen (secondary N) is 1. The van der Waals surface area contributed by atoms with Crippen LogP contribution in [0.5, 0.6) is 0 Å². The zero-order valence-corrected chi connectivity index (χ0v) is 11.7. The molecule has 1 amide bonds. The Morgan fingerprint density at radius 2 is 2.23 bits per heavy atom. The Labute approximate surface area is 125 Å². The molecule has 1 N–H and O–H groups in total. The summed E-state index contributed by atoms with van der Waals surface area (Å²) in [6, 6.07) is 9.71. The van der Waals surface area contributed by atoms with Gasteiger partial charge in [0.05, 0.1) is 22.8 Å². The van der Waals surface area contributed by atoms with Crippen LogP contribution in [0.1, 0.15) is 21.5 Å². The molecular formula is C16H11FN4O. The molecule has 3 rings (SSSR count). The van der Waals surface area contributed by atoms with Crippen molar-refractivity contribution in [3.05, 3.63) is 65.2 Å². The molecule has 6 heteroatoms. The van der Waals surface area contributed by atoms with Crippen molar-refractivity contribution < 1.29 is 9.18 Å². The van der Waals surface area contributed by atoms with Crippen molar-refractivity contribution in [3.8, 4) is 6.07 Å². The highest BCUT2D eigenvalue weighted by molar-refractivity contribution is 6.09. The number of carbonyl (C=O) groups is 1. The van der Waals surface area contributed by atoms with E-state index in [9.17, 15) is 9.18 Å². The minimum Gasteiger partial charge on any atom is -0.322 e. The summed E-state index contributed by atoms with van der Waals surface area (Å²) in [6.45, 7) is 1.66. The summed E-state index contributed by atoms with van der Waals surface area (Å²) in [5.74, 6) is -0.964. The number of halogens is 1. The van der Waals surface area contributed by atoms with Gasteiger partial charge in [0.2, 0.25) is 0 Å². The second kappa shape index (κ2) is 5.30. The van der Waals surface area contributed by atoms with Crippen molar-refractivity contribution in [1.82, 2.24) is 9.61 Å². The molecule has 0 fully saturated rings. The Morgan fingerprint density at radius 1 is 1.41 bits per heavy atom. The Hall–Kier alpha value is -3.20. The third-order valence-corrected chi connectivity index (χ3v) is 3.35. The van der Waals surface area contributed by atoms with Gasteiger partial charge in [0.15, 0.2) is 0 Å². The van der Waals surface area contributed by atoms with Crippen molar-refractivity contribution in [2.75, 3.05) is 5.32 Å². The normalized spacial score (nSPS) is 10.4. The summed E-state index contributed by atoms with van der Waals surface area (Å²) in [6.07, 6.45) is 3.21. The monoisotopic (exact) mass is 294 g/mol. The maximum atomic E-state index is 13.5. The molecule has 0 bridgehead atoms. The lowest BCUT2D eigenvalue weighted by atomic mass is 10.1. The van der Waals surface area contributed by atoms with Crippen LogP contribution in [0.2, 0.25) is 0 Å². The molecule has 0 unspecified atom stereocenters. The molecule has 2 heterocycles. The summed E-state index contributed by atoms with van der Waals surface area (Å²) in [7, 11) is 0. The topological polar surface area (TPSA) is 70.2 Å². The smallest absolute Gasteiger partial charge is 0.259 e. The number of carbonyl (C=O) groups excluding carboxylic acids is 1. The second-order valence-electron chi connectivity index (χ2n) is 4.80. The van der Waals surface area contributed by atoms with Crippen molar-refractivity contribution in [3.63, 3.8) is 0 Å². The number of aromatic nitrogens is 2. The van der Waals surface area contributed by atoms with E-state index in [0.717, 1.165) is 0 Å². The number of hydrogen-bond acceptors (Lipinski definition) is 3. The summed E-state index contributed by atoms with van der Waals surface area (Å²) >= 11 is 0. The van der Waals surface area contributed by atoms with Crippen LogP contribution in [0.25, 0.3) is 5.52 Å². The van der Waals surface area contributed by atoms with Crippen molar-refractivity contribution in [2.24, 2.45) is 0 Å². The third-order valence-electron chi connectivity index (χ3n) is 3.35. The fourth-order valence-electron chi connectivity index (χ4n) is 2.19. The lowest BCUT2D eigenvalue weighted by Gasteiger charge is -2.08. The number of aryl methyl sites for hydroxylation is 1. The first-order valence-corrected chi connectivity index (χ1v) is 6.54. The summed E-state index contributed by atoms with van der Waals surface area (Å²) in [4.78, 5) is 12.4. The number of anilines is 1. The molecule has 0 radical (unpaired) electrons. The van der Waals surface area contributed by atoms with Gasteiger partial charge in [-0.1, -0.05) is 6.07 Å². The number of benzene rings is 1. The van der Waals surface area contributed by atoms with E-state index < -0.39 is 5.82 Å². The molecule has 22 heavy (non-hydrogen) atoms. The predicted octanol–water partition coefficient (Wildman–Crippen LogP) is 2.91. The Morgan fingerprint density at radius 3 is 3.00 bits per heavy atom. The standard InChI is InChI=1S/C16H11FN4O/c1-10-6-13(17)11(8-18)7-14(10)20-16(22)12-9-19-21-5-3-2-4-15(12)21/h2-7,9H,1H3,(H,20,22). The lowest BCUT2D eigenvalue weighted by Crippen LogP contribution is -2.13. The maximum Gasteiger partial charge on any atom is 0.259 e. The molecule has 0 saturated heterocycles. The first-order chi connectivity index (χ1) is 10.6. The summed E-state index contributed by atoms with van der Waals surface area (Å²) < 4.78 is 15.1. The maximum absolute atomic E-state index is 13.5. The number of rotatable bonds is 2. The highest BCUT2D eigenvalue weighted by atomic mass is 19.1. The second-order valence-corrected chi connectivity index (χ2v) is 4.80. The molecule has 0 spiro atoms. The Kier molecular flexibility index (Phi) is 3.31. The van der Waals surface area contributed by atoms with Gasteiger partial charge in [-0.2, -0.15) is 10.4 Å². The van der Waals surface area contributed by atoms with Crippen LogP contribution in [-0.4, -0.2) is 15.5 Å². The van der Waals surface area contributed by atoms with E-state index in [1.54, 1.807) is 29.8 Å². The Balaban J connectivity index is 1.97. The van der Waals surface area contributed by atoms with Gasteiger partial charge in [0.1, 0.15) is 11.9 Å². The highest BCUT2D eigenvalue weighted by Gasteiger charge is 2.15. The van der Waals surface area contributed by atoms with Gasteiger partial charge in [0.25, 0.3) is 5.91 Å². The van der Waals surface area contributed by atoms with E-state index in [4.69, 9.17) is 5.26 Å². The third kappa shape index (κ3) is 2.29. The number of pyridine rings is 1. The van der Waals surface area contributed by atoms with E-state index in [0.29, 0.717) is 22.3 Å². The van der Waals surface area contributed by atoms with Crippen LogP contribution < -0.4 is 5.32 Å². The molecule has 0 aliphatic rings. The summed E-state index contributed by atoms with van der Waals surface area (Å²) in [5.41, 5.74) is 1.91. The van der Waals surface area contributed by atoms with Crippen LogP contribution in [0.4, 0.5) is 10.1 Å². The molecule has 0 saturated carbocycles. The predicted molar refractivity (Wildman–Crippen MR) is 79.0 cm³/mol. The average molecular weight is 294 g/mol. The van der Waals surface area contributed by atoms with E-state index in [1.165, 1.54) is 18.3 Å². The summed E-state index contributed by atoms with van der Waals surface area (Å²) in [5, 5.41) is 15.7. The largest absolute Gasteiger partial charge is 0.322 e. The minimum atomic E-state index is -0.603.